The normalized spacial score (nSPS) is 21.8. The molecule has 1 fully saturated rings. The van der Waals surface area contributed by atoms with Crippen molar-refractivity contribution in [2.24, 2.45) is 5.41 Å². The number of carboxylic acids is 1. The van der Waals surface area contributed by atoms with Crippen molar-refractivity contribution in [3.05, 3.63) is 0 Å². The van der Waals surface area contributed by atoms with Gasteiger partial charge in [0.1, 0.15) is 5.41 Å². The van der Waals surface area contributed by atoms with Gasteiger partial charge in [0.2, 0.25) is 5.79 Å². The maximum Gasteiger partial charge on any atom is 0.315 e. The Kier molecular flexibility index (Phi) is 2.61. The largest absolute Gasteiger partial charge is 0.481 e. The highest BCUT2D eigenvalue weighted by Crippen LogP contribution is 2.45. The Morgan fingerprint density at radius 2 is 1.77 bits per heavy atom. The zero-order valence-electron chi connectivity index (χ0n) is 7.23. The average molecular weight is 190 g/mol. The van der Waals surface area contributed by atoms with E-state index < -0.39 is 23.8 Å². The van der Waals surface area contributed by atoms with Crippen molar-refractivity contribution in [3.8, 4) is 0 Å². The van der Waals surface area contributed by atoms with Crippen LogP contribution in [0.5, 0.6) is 0 Å². The van der Waals surface area contributed by atoms with Crippen LogP contribution in [0.15, 0.2) is 0 Å². The highest BCUT2D eigenvalue weighted by Gasteiger charge is 2.56. The van der Waals surface area contributed by atoms with Crippen molar-refractivity contribution in [3.63, 3.8) is 0 Å². The van der Waals surface area contributed by atoms with Crippen molar-refractivity contribution in [2.45, 2.75) is 31.5 Å². The topological polar surface area (TPSA) is 98.0 Å². The molecule has 5 nitrogen and oxygen atoms in total. The van der Waals surface area contributed by atoms with Gasteiger partial charge in [0.05, 0.1) is 6.61 Å². The first-order valence-corrected chi connectivity index (χ1v) is 4.25. The van der Waals surface area contributed by atoms with Gasteiger partial charge in [-0.15, -0.1) is 0 Å². The Bertz CT molecular complexity index is 205. The number of aliphatic carboxylic acids is 1. The summed E-state index contributed by atoms with van der Waals surface area (Å²) in [5.41, 5.74) is -1.58. The van der Waals surface area contributed by atoms with Crippen LogP contribution >= 0.6 is 0 Å². The third-order valence-corrected chi connectivity index (χ3v) is 2.85. The number of carboxylic acid groups (broad SMARTS) is 1. The molecule has 0 aromatic heterocycles. The fourth-order valence-corrected chi connectivity index (χ4v) is 1.92. The minimum Gasteiger partial charge on any atom is -0.481 e. The fraction of sp³-hybridized carbons (Fsp3) is 0.875. The van der Waals surface area contributed by atoms with E-state index in [0.29, 0.717) is 12.8 Å². The lowest BCUT2D eigenvalue weighted by Crippen LogP contribution is -2.54. The van der Waals surface area contributed by atoms with Crippen molar-refractivity contribution in [2.75, 3.05) is 6.61 Å². The molecule has 1 aliphatic rings. The monoisotopic (exact) mass is 190 g/mol. The molecule has 0 heterocycles. The molecule has 0 bridgehead atoms. The molecule has 5 heteroatoms. The standard InChI is InChI=1S/C8H14O5/c9-5-8(12,13)7(6(10)11)3-1-2-4-7/h9,12-13H,1-5H2,(H,10,11). The Morgan fingerprint density at radius 3 is 2.08 bits per heavy atom. The number of hydrogen-bond acceptors (Lipinski definition) is 4. The van der Waals surface area contributed by atoms with E-state index in [2.05, 4.69) is 0 Å². The summed E-state index contributed by atoms with van der Waals surface area (Å²) in [4.78, 5) is 10.9. The molecule has 0 aromatic rings. The summed E-state index contributed by atoms with van der Waals surface area (Å²) in [7, 11) is 0. The van der Waals surface area contributed by atoms with Crippen LogP contribution in [0.3, 0.4) is 0 Å². The Labute approximate surface area is 75.6 Å². The van der Waals surface area contributed by atoms with Crippen LogP contribution in [0, 0.1) is 5.41 Å². The zero-order valence-corrected chi connectivity index (χ0v) is 7.23. The molecule has 1 rings (SSSR count). The first kappa shape index (κ1) is 10.4. The van der Waals surface area contributed by atoms with E-state index >= 15 is 0 Å². The third-order valence-electron chi connectivity index (χ3n) is 2.85. The summed E-state index contributed by atoms with van der Waals surface area (Å²) in [6.07, 6.45) is 1.70. The fourth-order valence-electron chi connectivity index (χ4n) is 1.92. The molecule has 0 unspecified atom stereocenters. The van der Waals surface area contributed by atoms with Crippen LogP contribution in [0.25, 0.3) is 0 Å². The Morgan fingerprint density at radius 1 is 1.31 bits per heavy atom. The summed E-state index contributed by atoms with van der Waals surface area (Å²) >= 11 is 0. The third kappa shape index (κ3) is 1.43. The van der Waals surface area contributed by atoms with Gasteiger partial charge < -0.3 is 20.4 Å². The van der Waals surface area contributed by atoms with Crippen LogP contribution in [-0.2, 0) is 4.79 Å². The molecule has 0 radical (unpaired) electrons. The van der Waals surface area contributed by atoms with E-state index in [4.69, 9.17) is 10.2 Å². The number of hydrogen-bond donors (Lipinski definition) is 4. The lowest BCUT2D eigenvalue weighted by molar-refractivity contribution is -0.260. The van der Waals surface area contributed by atoms with Crippen LogP contribution in [0.1, 0.15) is 25.7 Å². The van der Waals surface area contributed by atoms with Gasteiger partial charge in [0.15, 0.2) is 0 Å². The molecular weight excluding hydrogens is 176 g/mol. The first-order chi connectivity index (χ1) is 5.96. The predicted molar refractivity (Wildman–Crippen MR) is 42.8 cm³/mol. The summed E-state index contributed by atoms with van der Waals surface area (Å²) in [6, 6.07) is 0. The highest BCUT2D eigenvalue weighted by molar-refractivity contribution is 5.76. The zero-order chi connectivity index (χ0) is 10.1. The molecule has 0 saturated heterocycles. The quantitative estimate of drug-likeness (QED) is 0.441. The number of carbonyl (C=O) groups is 1. The second-order valence-electron chi connectivity index (χ2n) is 3.57. The molecule has 1 saturated carbocycles. The first-order valence-electron chi connectivity index (χ1n) is 4.25. The van der Waals surface area contributed by atoms with Crippen LogP contribution in [0.4, 0.5) is 0 Å². The number of rotatable bonds is 3. The molecule has 76 valence electrons. The van der Waals surface area contributed by atoms with E-state index in [1.807, 2.05) is 0 Å². The SMILES string of the molecule is O=C(O)C1(C(O)(O)CO)CCCC1. The van der Waals surface area contributed by atoms with Crippen LogP contribution in [0.2, 0.25) is 0 Å². The summed E-state index contributed by atoms with van der Waals surface area (Å²) in [5.74, 6) is -3.75. The summed E-state index contributed by atoms with van der Waals surface area (Å²) < 4.78 is 0. The van der Waals surface area contributed by atoms with Gasteiger partial charge >= 0.3 is 5.97 Å². The second kappa shape index (κ2) is 3.25. The molecular formula is C8H14O5. The highest BCUT2D eigenvalue weighted by atomic mass is 16.5. The average Bonchev–Trinajstić information content (AvgIpc) is 2.53. The van der Waals surface area contributed by atoms with Crippen LogP contribution in [-0.4, -0.2) is 38.8 Å². The maximum absolute atomic E-state index is 10.9. The molecule has 0 amide bonds. The van der Waals surface area contributed by atoms with Gasteiger partial charge in [-0.1, -0.05) is 12.8 Å². The second-order valence-corrected chi connectivity index (χ2v) is 3.57. The number of aliphatic hydroxyl groups excluding tert-OH is 1. The maximum atomic E-state index is 10.9. The van der Waals surface area contributed by atoms with E-state index in [0.717, 1.165) is 0 Å². The minimum atomic E-state index is -2.50. The van der Waals surface area contributed by atoms with Crippen LogP contribution < -0.4 is 0 Å². The molecule has 4 N–H and O–H groups in total. The lowest BCUT2D eigenvalue weighted by atomic mass is 9.78. The Hall–Kier alpha value is -0.650. The van der Waals surface area contributed by atoms with Gasteiger partial charge in [0.25, 0.3) is 0 Å². The van der Waals surface area contributed by atoms with E-state index in [1.54, 1.807) is 0 Å². The van der Waals surface area contributed by atoms with Gasteiger partial charge in [-0.25, -0.2) is 0 Å². The van der Waals surface area contributed by atoms with Gasteiger partial charge in [-0.3, -0.25) is 4.79 Å². The summed E-state index contributed by atoms with van der Waals surface area (Å²) in [6.45, 7) is -0.945. The van der Waals surface area contributed by atoms with Gasteiger partial charge in [0, 0.05) is 0 Å². The molecule has 0 aliphatic heterocycles. The minimum absolute atomic E-state index is 0.204. The van der Waals surface area contributed by atoms with E-state index in [-0.39, 0.29) is 12.8 Å². The molecule has 0 aromatic carbocycles. The molecule has 1 aliphatic carbocycles. The van der Waals surface area contributed by atoms with E-state index in [1.165, 1.54) is 0 Å². The molecule has 13 heavy (non-hydrogen) atoms. The van der Waals surface area contributed by atoms with E-state index in [9.17, 15) is 15.0 Å². The smallest absolute Gasteiger partial charge is 0.315 e. The van der Waals surface area contributed by atoms with Crippen molar-refractivity contribution in [1.29, 1.82) is 0 Å². The molecule has 0 spiro atoms. The van der Waals surface area contributed by atoms with Crippen molar-refractivity contribution < 1.29 is 25.2 Å². The van der Waals surface area contributed by atoms with Crippen molar-refractivity contribution >= 4 is 5.97 Å². The Balaban J connectivity index is 2.97. The summed E-state index contributed by atoms with van der Waals surface area (Å²) in [5, 5.41) is 36.3. The molecule has 0 atom stereocenters. The lowest BCUT2D eigenvalue weighted by Gasteiger charge is -2.35. The van der Waals surface area contributed by atoms with Gasteiger partial charge in [-0.2, -0.15) is 0 Å². The van der Waals surface area contributed by atoms with Crippen molar-refractivity contribution in [1.82, 2.24) is 0 Å². The van der Waals surface area contributed by atoms with Gasteiger partial charge in [-0.05, 0) is 12.8 Å². The number of aliphatic hydroxyl groups is 3. The predicted octanol–water partition coefficient (Wildman–Crippen LogP) is -0.695.